The summed E-state index contributed by atoms with van der Waals surface area (Å²) in [6.07, 6.45) is 0.896. The highest BCUT2D eigenvalue weighted by Gasteiger charge is 2.23. The van der Waals surface area contributed by atoms with Gasteiger partial charge in [-0.1, -0.05) is 37.3 Å². The van der Waals surface area contributed by atoms with Gasteiger partial charge in [0, 0.05) is 13.1 Å². The van der Waals surface area contributed by atoms with E-state index in [0.29, 0.717) is 13.1 Å². The highest BCUT2D eigenvalue weighted by Crippen LogP contribution is 2.16. The molecule has 2 atom stereocenters. The molecule has 0 saturated heterocycles. The van der Waals surface area contributed by atoms with E-state index in [1.165, 1.54) is 7.11 Å². The van der Waals surface area contributed by atoms with Crippen molar-refractivity contribution in [2.24, 2.45) is 0 Å². The third-order valence-electron chi connectivity index (χ3n) is 3.26. The van der Waals surface area contributed by atoms with Gasteiger partial charge in [-0.2, -0.15) is 0 Å². The van der Waals surface area contributed by atoms with Crippen LogP contribution in [-0.4, -0.2) is 38.1 Å². The molecule has 0 bridgehead atoms. The standard InChI is InChI=1S/C16H24N2O3/c1-4-10-17-15(19)12(2)18-11-14(16(20)21-3)13-8-6-5-7-9-13/h5-9,12,14,18H,4,10-11H2,1-3H3,(H,17,19). The number of carbonyl (C=O) groups is 2. The van der Waals surface area contributed by atoms with Gasteiger partial charge in [-0.25, -0.2) is 0 Å². The number of hydrogen-bond donors (Lipinski definition) is 2. The number of amides is 1. The summed E-state index contributed by atoms with van der Waals surface area (Å²) in [5, 5.41) is 5.91. The molecule has 5 heteroatoms. The highest BCUT2D eigenvalue weighted by molar-refractivity contribution is 5.82. The Morgan fingerprint density at radius 3 is 2.48 bits per heavy atom. The summed E-state index contributed by atoms with van der Waals surface area (Å²) in [5.41, 5.74) is 0.873. The van der Waals surface area contributed by atoms with Crippen LogP contribution in [0.4, 0.5) is 0 Å². The van der Waals surface area contributed by atoms with Crippen LogP contribution in [-0.2, 0) is 14.3 Å². The number of nitrogens with one attached hydrogen (secondary N) is 2. The van der Waals surface area contributed by atoms with E-state index in [-0.39, 0.29) is 17.9 Å². The Bertz CT molecular complexity index is 448. The maximum absolute atomic E-state index is 11.9. The van der Waals surface area contributed by atoms with Crippen LogP contribution in [0.3, 0.4) is 0 Å². The molecule has 116 valence electrons. The van der Waals surface area contributed by atoms with Crippen LogP contribution in [0, 0.1) is 0 Å². The molecule has 1 rings (SSSR count). The van der Waals surface area contributed by atoms with Crippen LogP contribution < -0.4 is 10.6 Å². The highest BCUT2D eigenvalue weighted by atomic mass is 16.5. The van der Waals surface area contributed by atoms with E-state index in [9.17, 15) is 9.59 Å². The van der Waals surface area contributed by atoms with E-state index >= 15 is 0 Å². The average Bonchev–Trinajstić information content (AvgIpc) is 2.53. The van der Waals surface area contributed by atoms with E-state index in [0.717, 1.165) is 12.0 Å². The first-order valence-electron chi connectivity index (χ1n) is 7.24. The van der Waals surface area contributed by atoms with Crippen LogP contribution in [0.5, 0.6) is 0 Å². The molecule has 1 aromatic carbocycles. The Morgan fingerprint density at radius 2 is 1.90 bits per heavy atom. The molecule has 0 fully saturated rings. The summed E-state index contributed by atoms with van der Waals surface area (Å²) < 4.78 is 4.84. The summed E-state index contributed by atoms with van der Waals surface area (Å²) in [6.45, 7) is 4.80. The number of esters is 1. The minimum Gasteiger partial charge on any atom is -0.469 e. The second kappa shape index (κ2) is 9.13. The molecule has 0 aliphatic carbocycles. The minimum absolute atomic E-state index is 0.0615. The van der Waals surface area contributed by atoms with Gasteiger partial charge in [0.15, 0.2) is 0 Å². The molecule has 2 N–H and O–H groups in total. The van der Waals surface area contributed by atoms with E-state index in [4.69, 9.17) is 4.74 Å². The number of methoxy groups -OCH3 is 1. The van der Waals surface area contributed by atoms with Crippen molar-refractivity contribution in [3.8, 4) is 0 Å². The van der Waals surface area contributed by atoms with Gasteiger partial charge in [-0.15, -0.1) is 0 Å². The van der Waals surface area contributed by atoms with Crippen molar-refractivity contribution in [1.82, 2.24) is 10.6 Å². The van der Waals surface area contributed by atoms with E-state index in [2.05, 4.69) is 10.6 Å². The summed E-state index contributed by atoms with van der Waals surface area (Å²) in [6, 6.07) is 9.06. The first-order valence-corrected chi connectivity index (χ1v) is 7.24. The smallest absolute Gasteiger partial charge is 0.314 e. The van der Waals surface area contributed by atoms with Crippen LogP contribution in [0.2, 0.25) is 0 Å². The van der Waals surface area contributed by atoms with Gasteiger partial charge in [-0.05, 0) is 18.9 Å². The summed E-state index contributed by atoms with van der Waals surface area (Å²) in [4.78, 5) is 23.7. The lowest BCUT2D eigenvalue weighted by Gasteiger charge is -2.19. The van der Waals surface area contributed by atoms with Crippen LogP contribution in [0.1, 0.15) is 31.7 Å². The second-order valence-corrected chi connectivity index (χ2v) is 4.91. The lowest BCUT2D eigenvalue weighted by Crippen LogP contribution is -2.44. The molecule has 0 aromatic heterocycles. The van der Waals surface area contributed by atoms with Crippen molar-refractivity contribution >= 4 is 11.9 Å². The van der Waals surface area contributed by atoms with Crippen molar-refractivity contribution in [3.63, 3.8) is 0 Å². The normalized spacial score (nSPS) is 13.3. The Morgan fingerprint density at radius 1 is 1.24 bits per heavy atom. The Labute approximate surface area is 126 Å². The molecule has 0 spiro atoms. The van der Waals surface area contributed by atoms with Gasteiger partial charge in [0.2, 0.25) is 5.91 Å². The number of benzene rings is 1. The molecular weight excluding hydrogens is 268 g/mol. The maximum Gasteiger partial charge on any atom is 0.314 e. The zero-order valence-corrected chi connectivity index (χ0v) is 12.9. The van der Waals surface area contributed by atoms with Crippen LogP contribution in [0.15, 0.2) is 30.3 Å². The third kappa shape index (κ3) is 5.55. The van der Waals surface area contributed by atoms with Crippen molar-refractivity contribution in [2.75, 3.05) is 20.2 Å². The molecule has 0 aliphatic rings. The van der Waals surface area contributed by atoms with Gasteiger partial charge < -0.3 is 15.4 Å². The fourth-order valence-electron chi connectivity index (χ4n) is 1.95. The van der Waals surface area contributed by atoms with Gasteiger partial charge in [-0.3, -0.25) is 9.59 Å². The van der Waals surface area contributed by atoms with E-state index in [1.54, 1.807) is 6.92 Å². The van der Waals surface area contributed by atoms with Gasteiger partial charge in [0.05, 0.1) is 19.1 Å². The Kier molecular flexibility index (Phi) is 7.46. The van der Waals surface area contributed by atoms with Crippen LogP contribution >= 0.6 is 0 Å². The zero-order chi connectivity index (χ0) is 15.7. The monoisotopic (exact) mass is 292 g/mol. The second-order valence-electron chi connectivity index (χ2n) is 4.91. The summed E-state index contributed by atoms with van der Waals surface area (Å²) in [5.74, 6) is -0.791. The fraction of sp³-hybridized carbons (Fsp3) is 0.500. The fourth-order valence-corrected chi connectivity index (χ4v) is 1.95. The van der Waals surface area contributed by atoms with Crippen molar-refractivity contribution < 1.29 is 14.3 Å². The van der Waals surface area contributed by atoms with Crippen molar-refractivity contribution in [1.29, 1.82) is 0 Å². The minimum atomic E-state index is -0.419. The van der Waals surface area contributed by atoms with Gasteiger partial charge in [0.1, 0.15) is 0 Å². The van der Waals surface area contributed by atoms with Crippen molar-refractivity contribution in [3.05, 3.63) is 35.9 Å². The van der Waals surface area contributed by atoms with E-state index in [1.807, 2.05) is 37.3 Å². The van der Waals surface area contributed by atoms with Crippen molar-refractivity contribution in [2.45, 2.75) is 32.2 Å². The third-order valence-corrected chi connectivity index (χ3v) is 3.26. The van der Waals surface area contributed by atoms with Gasteiger partial charge >= 0.3 is 5.97 Å². The molecule has 0 heterocycles. The number of rotatable bonds is 8. The average molecular weight is 292 g/mol. The molecule has 21 heavy (non-hydrogen) atoms. The summed E-state index contributed by atoms with van der Waals surface area (Å²) >= 11 is 0. The molecule has 2 unspecified atom stereocenters. The largest absolute Gasteiger partial charge is 0.469 e. The first-order chi connectivity index (χ1) is 10.1. The Hall–Kier alpha value is -1.88. The lowest BCUT2D eigenvalue weighted by atomic mass is 9.99. The van der Waals surface area contributed by atoms with Crippen LogP contribution in [0.25, 0.3) is 0 Å². The SMILES string of the molecule is CCCNC(=O)C(C)NCC(C(=O)OC)c1ccccc1. The predicted molar refractivity (Wildman–Crippen MR) is 82.0 cm³/mol. The first kappa shape index (κ1) is 17.2. The molecule has 5 nitrogen and oxygen atoms in total. The zero-order valence-electron chi connectivity index (χ0n) is 12.9. The maximum atomic E-state index is 11.9. The molecular formula is C16H24N2O3. The lowest BCUT2D eigenvalue weighted by molar-refractivity contribution is -0.142. The molecule has 0 saturated carbocycles. The quantitative estimate of drug-likeness (QED) is 0.712. The molecule has 0 aliphatic heterocycles. The molecule has 1 amide bonds. The van der Waals surface area contributed by atoms with E-state index < -0.39 is 5.92 Å². The topological polar surface area (TPSA) is 67.4 Å². The van der Waals surface area contributed by atoms with Gasteiger partial charge in [0.25, 0.3) is 0 Å². The number of hydrogen-bond acceptors (Lipinski definition) is 4. The Balaban J connectivity index is 2.62. The molecule has 0 radical (unpaired) electrons. The number of ether oxygens (including phenoxy) is 1. The molecule has 1 aromatic rings. The summed E-state index contributed by atoms with van der Waals surface area (Å²) in [7, 11) is 1.37. The predicted octanol–water partition coefficient (Wildman–Crippen LogP) is 1.45. The number of carbonyl (C=O) groups excluding carboxylic acids is 2.